The first-order valence-corrected chi connectivity index (χ1v) is 6.38. The van der Waals surface area contributed by atoms with Crippen molar-refractivity contribution in [3.05, 3.63) is 42.1 Å². The number of aliphatic hydroxyl groups is 1. The highest BCUT2D eigenvalue weighted by atomic mass is 32.2. The van der Waals surface area contributed by atoms with E-state index in [1.807, 2.05) is 32.0 Å². The normalized spacial score (nSPS) is 12.6. The summed E-state index contributed by atoms with van der Waals surface area (Å²) in [5, 5.41) is 9.64. The standard InChI is InChI=1S/C13H15NO2S/c1-3-12(15)11-5-4-10(8-14-11)17-13-6-7-16-9(13)2/h4-8,12,15H,3H2,1-2H3/t12-/m1/s1. The highest BCUT2D eigenvalue weighted by Gasteiger charge is 2.07. The van der Waals surface area contributed by atoms with Gasteiger partial charge in [-0.3, -0.25) is 4.98 Å². The van der Waals surface area contributed by atoms with Crippen LogP contribution in [0.15, 0.2) is 44.9 Å². The zero-order chi connectivity index (χ0) is 12.3. The van der Waals surface area contributed by atoms with Crippen molar-refractivity contribution in [2.75, 3.05) is 0 Å². The largest absolute Gasteiger partial charge is 0.468 e. The molecule has 0 aliphatic rings. The van der Waals surface area contributed by atoms with Crippen molar-refractivity contribution in [2.24, 2.45) is 0 Å². The molecule has 0 radical (unpaired) electrons. The first-order chi connectivity index (χ1) is 8.20. The molecule has 2 heterocycles. The summed E-state index contributed by atoms with van der Waals surface area (Å²) in [6.07, 6.45) is 3.68. The summed E-state index contributed by atoms with van der Waals surface area (Å²) in [7, 11) is 0. The summed E-state index contributed by atoms with van der Waals surface area (Å²) in [5.41, 5.74) is 0.723. The Bertz CT molecular complexity index is 478. The van der Waals surface area contributed by atoms with Gasteiger partial charge in [-0.25, -0.2) is 0 Å². The topological polar surface area (TPSA) is 46.3 Å². The highest BCUT2D eigenvalue weighted by Crippen LogP contribution is 2.30. The number of nitrogens with zero attached hydrogens (tertiary/aromatic N) is 1. The van der Waals surface area contributed by atoms with Gasteiger partial charge in [0, 0.05) is 11.1 Å². The lowest BCUT2D eigenvalue weighted by molar-refractivity contribution is 0.169. The Balaban J connectivity index is 2.11. The number of aromatic nitrogens is 1. The number of furan rings is 1. The third kappa shape index (κ3) is 2.90. The number of aliphatic hydroxyl groups excluding tert-OH is 1. The molecule has 90 valence electrons. The highest BCUT2D eigenvalue weighted by molar-refractivity contribution is 7.99. The molecule has 17 heavy (non-hydrogen) atoms. The van der Waals surface area contributed by atoms with Crippen molar-refractivity contribution < 1.29 is 9.52 Å². The molecule has 0 bridgehead atoms. The number of hydrogen-bond acceptors (Lipinski definition) is 4. The summed E-state index contributed by atoms with van der Waals surface area (Å²) in [5.74, 6) is 0.910. The fourth-order valence-corrected chi connectivity index (χ4v) is 2.28. The SMILES string of the molecule is CC[C@@H](O)c1ccc(Sc2ccoc2C)cn1. The number of aryl methyl sites for hydroxylation is 1. The third-order valence-corrected chi connectivity index (χ3v) is 3.65. The van der Waals surface area contributed by atoms with Gasteiger partial charge in [0.1, 0.15) is 5.76 Å². The maximum Gasteiger partial charge on any atom is 0.114 e. The van der Waals surface area contributed by atoms with E-state index in [2.05, 4.69) is 4.98 Å². The van der Waals surface area contributed by atoms with Crippen LogP contribution >= 0.6 is 11.8 Å². The van der Waals surface area contributed by atoms with Crippen molar-refractivity contribution in [2.45, 2.75) is 36.2 Å². The van der Waals surface area contributed by atoms with Gasteiger partial charge in [-0.05, 0) is 31.5 Å². The van der Waals surface area contributed by atoms with Crippen LogP contribution in [0.2, 0.25) is 0 Å². The molecule has 0 saturated heterocycles. The predicted octanol–water partition coefficient (Wildman–Crippen LogP) is 3.58. The van der Waals surface area contributed by atoms with Crippen LogP contribution in [0.5, 0.6) is 0 Å². The van der Waals surface area contributed by atoms with Crippen LogP contribution in [-0.2, 0) is 0 Å². The van der Waals surface area contributed by atoms with Crippen molar-refractivity contribution in [3.63, 3.8) is 0 Å². The van der Waals surface area contributed by atoms with Gasteiger partial charge in [0.2, 0.25) is 0 Å². The lowest BCUT2D eigenvalue weighted by Crippen LogP contribution is -1.97. The molecule has 2 aromatic heterocycles. The van der Waals surface area contributed by atoms with Crippen LogP contribution in [0.25, 0.3) is 0 Å². The van der Waals surface area contributed by atoms with Crippen LogP contribution in [0.1, 0.15) is 30.9 Å². The van der Waals surface area contributed by atoms with E-state index in [9.17, 15) is 5.11 Å². The molecule has 0 aliphatic carbocycles. The lowest BCUT2D eigenvalue weighted by Gasteiger charge is -2.07. The van der Waals surface area contributed by atoms with Gasteiger partial charge in [0.25, 0.3) is 0 Å². The van der Waals surface area contributed by atoms with Gasteiger partial charge in [-0.15, -0.1) is 0 Å². The number of rotatable bonds is 4. The monoisotopic (exact) mass is 249 g/mol. The molecule has 1 atom stereocenters. The molecule has 2 aromatic rings. The number of pyridine rings is 1. The van der Waals surface area contributed by atoms with Gasteiger partial charge in [-0.2, -0.15) is 0 Å². The molecule has 2 rings (SSSR count). The van der Waals surface area contributed by atoms with E-state index in [4.69, 9.17) is 4.42 Å². The summed E-state index contributed by atoms with van der Waals surface area (Å²) < 4.78 is 5.23. The van der Waals surface area contributed by atoms with E-state index < -0.39 is 6.10 Å². The van der Waals surface area contributed by atoms with Crippen LogP contribution in [0.4, 0.5) is 0 Å². The maximum absolute atomic E-state index is 9.64. The molecule has 0 aromatic carbocycles. The second-order valence-electron chi connectivity index (χ2n) is 3.79. The molecular weight excluding hydrogens is 234 g/mol. The number of hydrogen-bond donors (Lipinski definition) is 1. The smallest absolute Gasteiger partial charge is 0.114 e. The van der Waals surface area contributed by atoms with Crippen LogP contribution < -0.4 is 0 Å². The summed E-state index contributed by atoms with van der Waals surface area (Å²) >= 11 is 1.61. The van der Waals surface area contributed by atoms with Gasteiger partial charge >= 0.3 is 0 Å². The van der Waals surface area contributed by atoms with E-state index in [-0.39, 0.29) is 0 Å². The minimum atomic E-state index is -0.468. The molecule has 0 saturated carbocycles. The average Bonchev–Trinajstić information content (AvgIpc) is 2.75. The van der Waals surface area contributed by atoms with Gasteiger partial charge in [-0.1, -0.05) is 18.7 Å². The minimum Gasteiger partial charge on any atom is -0.468 e. The summed E-state index contributed by atoms with van der Waals surface area (Å²) in [6.45, 7) is 3.87. The van der Waals surface area contributed by atoms with E-state index >= 15 is 0 Å². The molecule has 0 amide bonds. The molecule has 0 spiro atoms. The Kier molecular flexibility index (Phi) is 3.86. The molecule has 0 aliphatic heterocycles. The van der Waals surface area contributed by atoms with Crippen LogP contribution in [-0.4, -0.2) is 10.1 Å². The quantitative estimate of drug-likeness (QED) is 0.899. The minimum absolute atomic E-state index is 0.468. The lowest BCUT2D eigenvalue weighted by atomic mass is 10.2. The van der Waals surface area contributed by atoms with Gasteiger partial charge in [0.15, 0.2) is 0 Å². The van der Waals surface area contributed by atoms with Crippen molar-refractivity contribution in [1.82, 2.24) is 4.98 Å². The molecule has 3 nitrogen and oxygen atoms in total. The van der Waals surface area contributed by atoms with Crippen molar-refractivity contribution in [1.29, 1.82) is 0 Å². The Morgan fingerprint density at radius 2 is 2.24 bits per heavy atom. The maximum atomic E-state index is 9.64. The Hall–Kier alpha value is -1.26. The summed E-state index contributed by atoms with van der Waals surface area (Å²) in [6, 6.07) is 5.78. The fraction of sp³-hybridized carbons (Fsp3) is 0.308. The molecule has 0 unspecified atom stereocenters. The van der Waals surface area contributed by atoms with E-state index in [0.29, 0.717) is 6.42 Å². The zero-order valence-electron chi connectivity index (χ0n) is 9.88. The zero-order valence-corrected chi connectivity index (χ0v) is 10.7. The van der Waals surface area contributed by atoms with Crippen LogP contribution in [0, 0.1) is 6.92 Å². The Morgan fingerprint density at radius 1 is 1.41 bits per heavy atom. The van der Waals surface area contributed by atoms with E-state index in [1.165, 1.54) is 0 Å². The Labute approximate surface area is 105 Å². The second kappa shape index (κ2) is 5.38. The summed E-state index contributed by atoms with van der Waals surface area (Å²) in [4.78, 5) is 6.39. The predicted molar refractivity (Wildman–Crippen MR) is 67.1 cm³/mol. The third-order valence-electron chi connectivity index (χ3n) is 2.53. The molecular formula is C13H15NO2S. The first-order valence-electron chi connectivity index (χ1n) is 5.56. The van der Waals surface area contributed by atoms with E-state index in [1.54, 1.807) is 24.2 Å². The fourth-order valence-electron chi connectivity index (χ4n) is 1.46. The molecule has 4 heteroatoms. The van der Waals surface area contributed by atoms with Crippen molar-refractivity contribution >= 4 is 11.8 Å². The first kappa shape index (κ1) is 12.2. The van der Waals surface area contributed by atoms with Crippen molar-refractivity contribution in [3.8, 4) is 0 Å². The van der Waals surface area contributed by atoms with E-state index in [0.717, 1.165) is 21.2 Å². The second-order valence-corrected chi connectivity index (χ2v) is 4.90. The molecule has 0 fully saturated rings. The molecule has 1 N–H and O–H groups in total. The Morgan fingerprint density at radius 3 is 2.76 bits per heavy atom. The average molecular weight is 249 g/mol. The van der Waals surface area contributed by atoms with Gasteiger partial charge < -0.3 is 9.52 Å². The van der Waals surface area contributed by atoms with Gasteiger partial charge in [0.05, 0.1) is 23.0 Å². The van der Waals surface area contributed by atoms with Crippen LogP contribution in [0.3, 0.4) is 0 Å².